The van der Waals surface area contributed by atoms with Crippen molar-refractivity contribution in [1.29, 1.82) is 0 Å². The van der Waals surface area contributed by atoms with E-state index in [0.29, 0.717) is 41.8 Å². The highest BCUT2D eigenvalue weighted by Crippen LogP contribution is 2.19. The summed E-state index contributed by atoms with van der Waals surface area (Å²) < 4.78 is 9.81. The second kappa shape index (κ2) is 10.6. The number of hydrogen-bond donors (Lipinski definition) is 1. The molecule has 0 atom stereocenters. The number of hydrogen-bond acceptors (Lipinski definition) is 5. The van der Waals surface area contributed by atoms with Crippen molar-refractivity contribution in [1.82, 2.24) is 0 Å². The Morgan fingerprint density at radius 1 is 0.963 bits per heavy atom. The van der Waals surface area contributed by atoms with Gasteiger partial charge in [-0.3, -0.25) is 5.32 Å². The van der Waals surface area contributed by atoms with Crippen LogP contribution in [0, 0.1) is 0 Å². The Hall–Kier alpha value is -2.44. The van der Waals surface area contributed by atoms with Gasteiger partial charge in [-0.15, -0.1) is 23.2 Å². The van der Waals surface area contributed by atoms with Crippen LogP contribution < -0.4 is 15.0 Å². The third-order valence-corrected chi connectivity index (χ3v) is 4.01. The van der Waals surface area contributed by atoms with Crippen molar-refractivity contribution in [3.8, 4) is 5.75 Å². The van der Waals surface area contributed by atoms with E-state index in [0.717, 1.165) is 5.69 Å². The number of carbonyl (C=O) groups excluding carboxylic acids is 2. The molecule has 0 aliphatic rings. The molecule has 8 heteroatoms. The zero-order chi connectivity index (χ0) is 19.6. The number of nitrogens with zero attached hydrogens (tertiary/aromatic N) is 1. The Morgan fingerprint density at radius 2 is 1.56 bits per heavy atom. The largest absolute Gasteiger partial charge is 0.465 e. The Kier molecular flexibility index (Phi) is 8.23. The van der Waals surface area contributed by atoms with Crippen molar-refractivity contribution >= 4 is 46.6 Å². The molecule has 0 aliphatic carbocycles. The molecule has 2 aromatic rings. The maximum atomic E-state index is 12.0. The molecular weight excluding hydrogens is 391 g/mol. The van der Waals surface area contributed by atoms with Crippen LogP contribution in [-0.4, -0.2) is 44.0 Å². The Balaban J connectivity index is 1.94. The fraction of sp³-hybridized carbons (Fsp3) is 0.263. The molecule has 2 rings (SSSR count). The molecule has 1 N–H and O–H groups in total. The average molecular weight is 411 g/mol. The number of benzene rings is 2. The van der Waals surface area contributed by atoms with Crippen LogP contribution in [0.1, 0.15) is 10.4 Å². The molecule has 2 aromatic carbocycles. The molecule has 0 fully saturated rings. The van der Waals surface area contributed by atoms with Gasteiger partial charge in [0.2, 0.25) is 0 Å². The van der Waals surface area contributed by atoms with Gasteiger partial charge in [0.25, 0.3) is 0 Å². The van der Waals surface area contributed by atoms with Crippen LogP contribution >= 0.6 is 23.2 Å². The van der Waals surface area contributed by atoms with Crippen LogP contribution in [0.25, 0.3) is 0 Å². The molecular formula is C19H20Cl2N2O4. The second-order valence-corrected chi connectivity index (χ2v) is 6.20. The lowest BCUT2D eigenvalue weighted by atomic mass is 10.2. The topological polar surface area (TPSA) is 67.9 Å². The minimum Gasteiger partial charge on any atom is -0.465 e. The van der Waals surface area contributed by atoms with E-state index in [1.54, 1.807) is 12.1 Å². The van der Waals surface area contributed by atoms with Gasteiger partial charge >= 0.3 is 12.1 Å². The van der Waals surface area contributed by atoms with Crippen molar-refractivity contribution in [3.05, 3.63) is 54.1 Å². The third-order valence-electron chi connectivity index (χ3n) is 3.67. The predicted octanol–water partition coefficient (Wildman–Crippen LogP) is 4.37. The van der Waals surface area contributed by atoms with E-state index in [9.17, 15) is 9.59 Å². The van der Waals surface area contributed by atoms with Gasteiger partial charge in [0.15, 0.2) is 0 Å². The first-order chi connectivity index (χ1) is 13.1. The van der Waals surface area contributed by atoms with Gasteiger partial charge in [0.05, 0.1) is 12.7 Å². The number of nitrogens with one attached hydrogen (secondary N) is 1. The van der Waals surface area contributed by atoms with Gasteiger partial charge < -0.3 is 14.4 Å². The summed E-state index contributed by atoms with van der Waals surface area (Å²) in [6.45, 7) is 1.37. The standard InChI is InChI=1S/C19H20Cl2N2O4/c1-26-18(24)14-2-8-17(9-3-14)27-19(25)22-15-4-6-16(7-5-15)23(12-10-20)13-11-21/h2-9H,10-13H2,1H3,(H,22,25). The lowest BCUT2D eigenvalue weighted by Crippen LogP contribution is -2.27. The molecule has 0 saturated carbocycles. The lowest BCUT2D eigenvalue weighted by Gasteiger charge is -2.23. The molecule has 0 unspecified atom stereocenters. The second-order valence-electron chi connectivity index (χ2n) is 5.44. The smallest absolute Gasteiger partial charge is 0.417 e. The highest BCUT2D eigenvalue weighted by Gasteiger charge is 2.09. The van der Waals surface area contributed by atoms with Crippen molar-refractivity contribution in [2.75, 3.05) is 42.2 Å². The van der Waals surface area contributed by atoms with Gasteiger partial charge in [-0.2, -0.15) is 0 Å². The monoisotopic (exact) mass is 410 g/mol. The summed E-state index contributed by atoms with van der Waals surface area (Å²) in [6.07, 6.45) is -0.632. The Morgan fingerprint density at radius 3 is 2.07 bits per heavy atom. The molecule has 0 saturated heterocycles. The quantitative estimate of drug-likeness (QED) is 0.516. The maximum Gasteiger partial charge on any atom is 0.417 e. The first-order valence-corrected chi connectivity index (χ1v) is 9.28. The number of anilines is 2. The van der Waals surface area contributed by atoms with E-state index in [2.05, 4.69) is 15.0 Å². The van der Waals surface area contributed by atoms with Gasteiger partial charge in [-0.25, -0.2) is 9.59 Å². The molecule has 0 heterocycles. The summed E-state index contributed by atoms with van der Waals surface area (Å²) in [5.41, 5.74) is 1.93. The number of carbonyl (C=O) groups is 2. The van der Waals surface area contributed by atoms with Crippen LogP contribution in [0.3, 0.4) is 0 Å². The third kappa shape index (κ3) is 6.34. The summed E-state index contributed by atoms with van der Waals surface area (Å²) in [4.78, 5) is 25.5. The number of alkyl halides is 2. The predicted molar refractivity (Wildman–Crippen MR) is 108 cm³/mol. The minimum atomic E-state index is -0.632. The van der Waals surface area contributed by atoms with Crippen molar-refractivity contribution in [2.45, 2.75) is 0 Å². The van der Waals surface area contributed by atoms with Crippen LogP contribution in [0.15, 0.2) is 48.5 Å². The van der Waals surface area contributed by atoms with Gasteiger partial charge in [-0.05, 0) is 48.5 Å². The van der Waals surface area contributed by atoms with E-state index in [-0.39, 0.29) is 0 Å². The lowest BCUT2D eigenvalue weighted by molar-refractivity contribution is 0.0600. The highest BCUT2D eigenvalue weighted by molar-refractivity contribution is 6.18. The number of esters is 1. The molecule has 0 spiro atoms. The van der Waals surface area contributed by atoms with Crippen LogP contribution in [0.5, 0.6) is 5.75 Å². The van der Waals surface area contributed by atoms with Crippen LogP contribution in [-0.2, 0) is 4.74 Å². The molecule has 1 amide bonds. The van der Waals surface area contributed by atoms with E-state index in [4.69, 9.17) is 27.9 Å². The normalized spacial score (nSPS) is 10.2. The van der Waals surface area contributed by atoms with Crippen molar-refractivity contribution < 1.29 is 19.1 Å². The summed E-state index contributed by atoms with van der Waals surface area (Å²) in [5, 5.41) is 2.65. The van der Waals surface area contributed by atoms with Gasteiger partial charge in [-0.1, -0.05) is 0 Å². The molecule has 0 aliphatic heterocycles. The fourth-order valence-electron chi connectivity index (χ4n) is 2.36. The minimum absolute atomic E-state index is 0.312. The van der Waals surface area contributed by atoms with E-state index < -0.39 is 12.1 Å². The van der Waals surface area contributed by atoms with Crippen molar-refractivity contribution in [2.24, 2.45) is 0 Å². The number of rotatable bonds is 8. The molecule has 0 radical (unpaired) electrons. The first-order valence-electron chi connectivity index (χ1n) is 8.21. The zero-order valence-electron chi connectivity index (χ0n) is 14.8. The average Bonchev–Trinajstić information content (AvgIpc) is 2.68. The number of methoxy groups -OCH3 is 1. The molecule has 6 nitrogen and oxygen atoms in total. The number of halogens is 2. The SMILES string of the molecule is COC(=O)c1ccc(OC(=O)Nc2ccc(N(CCCl)CCCl)cc2)cc1. The number of amides is 1. The summed E-state index contributed by atoms with van der Waals surface area (Å²) >= 11 is 11.6. The van der Waals surface area contributed by atoms with Gasteiger partial charge in [0.1, 0.15) is 5.75 Å². The van der Waals surface area contributed by atoms with Gasteiger partial charge in [0, 0.05) is 36.2 Å². The molecule has 0 aromatic heterocycles. The highest BCUT2D eigenvalue weighted by atomic mass is 35.5. The van der Waals surface area contributed by atoms with E-state index >= 15 is 0 Å². The zero-order valence-corrected chi connectivity index (χ0v) is 16.3. The molecule has 27 heavy (non-hydrogen) atoms. The first kappa shape index (κ1) is 20.9. The fourth-order valence-corrected chi connectivity index (χ4v) is 2.77. The summed E-state index contributed by atoms with van der Waals surface area (Å²) in [6, 6.07) is 13.4. The molecule has 0 bridgehead atoms. The van der Waals surface area contributed by atoms with E-state index in [1.165, 1.54) is 31.4 Å². The summed E-state index contributed by atoms with van der Waals surface area (Å²) in [5.74, 6) is 0.853. The van der Waals surface area contributed by atoms with E-state index in [1.807, 2.05) is 12.1 Å². The molecule has 144 valence electrons. The number of ether oxygens (including phenoxy) is 2. The van der Waals surface area contributed by atoms with Crippen LogP contribution in [0.2, 0.25) is 0 Å². The Bertz CT molecular complexity index is 745. The summed E-state index contributed by atoms with van der Waals surface area (Å²) in [7, 11) is 1.30. The van der Waals surface area contributed by atoms with Crippen LogP contribution in [0.4, 0.5) is 16.2 Å². The maximum absolute atomic E-state index is 12.0. The van der Waals surface area contributed by atoms with Crippen molar-refractivity contribution in [3.63, 3.8) is 0 Å². The Labute approximate surface area is 168 Å².